The lowest BCUT2D eigenvalue weighted by Gasteiger charge is -2.26. The van der Waals surface area contributed by atoms with Crippen LogP contribution >= 0.6 is 0 Å². The molecule has 2 aliphatic rings. The van der Waals surface area contributed by atoms with Crippen LogP contribution in [0.2, 0.25) is 0 Å². The van der Waals surface area contributed by atoms with Crippen molar-refractivity contribution in [2.24, 2.45) is 4.99 Å². The maximum atomic E-state index is 13.5. The number of aliphatic imine (C=N–C) groups is 1. The Morgan fingerprint density at radius 2 is 1.96 bits per heavy atom. The van der Waals surface area contributed by atoms with E-state index >= 15 is 0 Å². The summed E-state index contributed by atoms with van der Waals surface area (Å²) >= 11 is 0. The zero-order valence-electron chi connectivity index (χ0n) is 14.3. The molecule has 2 aliphatic heterocycles. The van der Waals surface area contributed by atoms with Gasteiger partial charge in [-0.25, -0.2) is 4.39 Å². The second kappa shape index (κ2) is 7.35. The number of halogens is 1. The van der Waals surface area contributed by atoms with Crippen molar-refractivity contribution in [3.8, 4) is 0 Å². The predicted molar refractivity (Wildman–Crippen MR) is 98.5 cm³/mol. The molecule has 1 saturated heterocycles. The Morgan fingerprint density at radius 1 is 1.19 bits per heavy atom. The second-order valence-electron chi connectivity index (χ2n) is 6.53. The molecule has 1 amide bonds. The topological polar surface area (TPSA) is 53.9 Å². The average molecular weight is 353 g/mol. The summed E-state index contributed by atoms with van der Waals surface area (Å²) in [7, 11) is 0. The number of benzene rings is 2. The number of nitrogens with one attached hydrogen (secondary N) is 1. The number of ether oxygens (including phenoxy) is 1. The van der Waals surface area contributed by atoms with Crippen molar-refractivity contribution in [3.63, 3.8) is 0 Å². The Balaban J connectivity index is 1.44. The Labute approximate surface area is 151 Å². The summed E-state index contributed by atoms with van der Waals surface area (Å²) in [5.74, 6) is -1.10. The molecule has 4 rings (SSSR count). The maximum Gasteiger partial charge on any atom is 0.237 e. The molecule has 0 aliphatic carbocycles. The molecule has 134 valence electrons. The van der Waals surface area contributed by atoms with Crippen molar-refractivity contribution < 1.29 is 13.9 Å². The summed E-state index contributed by atoms with van der Waals surface area (Å²) in [4.78, 5) is 18.9. The van der Waals surface area contributed by atoms with Gasteiger partial charge in [0.05, 0.1) is 18.9 Å². The normalized spacial score (nSPS) is 20.3. The maximum absolute atomic E-state index is 13.5. The largest absolute Gasteiger partial charge is 0.379 e. The Hall–Kier alpha value is -2.57. The van der Waals surface area contributed by atoms with Crippen molar-refractivity contribution in [2.75, 3.05) is 31.6 Å². The molecule has 0 radical (unpaired) electrons. The van der Waals surface area contributed by atoms with E-state index in [1.165, 1.54) is 17.7 Å². The molecule has 0 bridgehead atoms. The second-order valence-corrected chi connectivity index (χ2v) is 6.53. The van der Waals surface area contributed by atoms with Gasteiger partial charge in [-0.05, 0) is 41.5 Å². The highest BCUT2D eigenvalue weighted by Crippen LogP contribution is 2.32. The van der Waals surface area contributed by atoms with Crippen molar-refractivity contribution in [2.45, 2.75) is 12.5 Å². The van der Waals surface area contributed by atoms with E-state index in [0.29, 0.717) is 11.3 Å². The van der Waals surface area contributed by atoms with Crippen LogP contribution < -0.4 is 5.32 Å². The van der Waals surface area contributed by atoms with Gasteiger partial charge in [-0.3, -0.25) is 14.7 Å². The number of rotatable bonds is 4. The van der Waals surface area contributed by atoms with Crippen LogP contribution in [0.25, 0.3) is 0 Å². The van der Waals surface area contributed by atoms with Gasteiger partial charge in [0, 0.05) is 31.5 Å². The molecule has 1 unspecified atom stereocenters. The van der Waals surface area contributed by atoms with E-state index in [1.54, 1.807) is 12.3 Å². The Kier molecular flexibility index (Phi) is 4.77. The molecule has 6 heteroatoms. The molecular weight excluding hydrogens is 333 g/mol. The van der Waals surface area contributed by atoms with Crippen molar-refractivity contribution in [1.29, 1.82) is 0 Å². The number of carbonyl (C=O) groups is 1. The lowest BCUT2D eigenvalue weighted by molar-refractivity contribution is -0.115. The van der Waals surface area contributed by atoms with Gasteiger partial charge in [-0.2, -0.15) is 0 Å². The van der Waals surface area contributed by atoms with Crippen LogP contribution in [0.5, 0.6) is 0 Å². The van der Waals surface area contributed by atoms with Gasteiger partial charge >= 0.3 is 0 Å². The number of fused-ring (bicyclic) bond motifs is 1. The van der Waals surface area contributed by atoms with E-state index in [2.05, 4.69) is 15.2 Å². The third-order valence-electron chi connectivity index (χ3n) is 4.71. The molecule has 0 spiro atoms. The summed E-state index contributed by atoms with van der Waals surface area (Å²) in [6, 6.07) is 12.3. The lowest BCUT2D eigenvalue weighted by Crippen LogP contribution is -2.35. The third-order valence-corrected chi connectivity index (χ3v) is 4.71. The van der Waals surface area contributed by atoms with Crippen molar-refractivity contribution in [3.05, 3.63) is 59.4 Å². The molecule has 0 saturated carbocycles. The van der Waals surface area contributed by atoms with Crippen molar-refractivity contribution >= 4 is 23.5 Å². The van der Waals surface area contributed by atoms with Crippen LogP contribution in [0.3, 0.4) is 0 Å². The highest BCUT2D eigenvalue weighted by molar-refractivity contribution is 6.12. The highest BCUT2D eigenvalue weighted by Gasteiger charge is 2.29. The first kappa shape index (κ1) is 16.9. The van der Waals surface area contributed by atoms with Gasteiger partial charge in [0.15, 0.2) is 0 Å². The van der Waals surface area contributed by atoms with Crippen LogP contribution in [0.1, 0.15) is 17.0 Å². The number of morpholine rings is 1. The van der Waals surface area contributed by atoms with E-state index in [4.69, 9.17) is 4.74 Å². The van der Waals surface area contributed by atoms with Crippen molar-refractivity contribution in [1.82, 2.24) is 4.90 Å². The number of carbonyl (C=O) groups excluding carboxylic acids is 1. The SMILES string of the molecule is O=C1Nc2ccc(F)cc2C1C=Nc1ccc(CN2CCOCC2)cc1. The van der Waals surface area contributed by atoms with Gasteiger partial charge < -0.3 is 10.1 Å². The summed E-state index contributed by atoms with van der Waals surface area (Å²) < 4.78 is 18.8. The lowest BCUT2D eigenvalue weighted by atomic mass is 10.0. The smallest absolute Gasteiger partial charge is 0.237 e. The zero-order chi connectivity index (χ0) is 17.9. The summed E-state index contributed by atoms with van der Waals surface area (Å²) in [6.07, 6.45) is 1.58. The summed E-state index contributed by atoms with van der Waals surface area (Å²) in [5, 5.41) is 2.75. The van der Waals surface area contributed by atoms with Crippen LogP contribution in [0, 0.1) is 5.82 Å². The number of hydrogen-bond donors (Lipinski definition) is 1. The first-order chi connectivity index (χ1) is 12.7. The molecule has 1 fully saturated rings. The van der Waals surface area contributed by atoms with E-state index < -0.39 is 5.92 Å². The monoisotopic (exact) mass is 353 g/mol. The minimum atomic E-state index is -0.561. The zero-order valence-corrected chi connectivity index (χ0v) is 14.3. The fourth-order valence-electron chi connectivity index (χ4n) is 3.27. The third kappa shape index (κ3) is 3.66. The number of hydrogen-bond acceptors (Lipinski definition) is 4. The van der Waals surface area contributed by atoms with E-state index in [0.717, 1.165) is 38.5 Å². The Morgan fingerprint density at radius 3 is 2.73 bits per heavy atom. The van der Waals surface area contributed by atoms with Gasteiger partial charge in [-0.1, -0.05) is 12.1 Å². The first-order valence-corrected chi connectivity index (χ1v) is 8.72. The summed E-state index contributed by atoms with van der Waals surface area (Å²) in [5.41, 5.74) is 3.27. The van der Waals surface area contributed by atoms with Gasteiger partial charge in [-0.15, -0.1) is 0 Å². The van der Waals surface area contributed by atoms with Gasteiger partial charge in [0.2, 0.25) is 5.91 Å². The first-order valence-electron chi connectivity index (χ1n) is 8.72. The summed E-state index contributed by atoms with van der Waals surface area (Å²) in [6.45, 7) is 4.37. The average Bonchev–Trinajstić information content (AvgIpc) is 2.96. The fourth-order valence-corrected chi connectivity index (χ4v) is 3.27. The molecule has 2 heterocycles. The quantitative estimate of drug-likeness (QED) is 0.860. The fraction of sp³-hybridized carbons (Fsp3) is 0.300. The molecule has 26 heavy (non-hydrogen) atoms. The highest BCUT2D eigenvalue weighted by atomic mass is 19.1. The van der Waals surface area contributed by atoms with Crippen LogP contribution in [-0.2, 0) is 16.1 Å². The van der Waals surface area contributed by atoms with E-state index in [1.807, 2.05) is 24.3 Å². The molecular formula is C20H20FN3O2. The molecule has 0 aromatic heterocycles. The molecule has 5 nitrogen and oxygen atoms in total. The number of anilines is 1. The number of amides is 1. The predicted octanol–water partition coefficient (Wildman–Crippen LogP) is 3.10. The molecule has 2 aromatic rings. The van der Waals surface area contributed by atoms with Gasteiger partial charge in [0.1, 0.15) is 11.7 Å². The minimum Gasteiger partial charge on any atom is -0.379 e. The molecule has 1 atom stereocenters. The number of nitrogens with zero attached hydrogens (tertiary/aromatic N) is 2. The molecule has 2 aromatic carbocycles. The van der Waals surface area contributed by atoms with Gasteiger partial charge in [0.25, 0.3) is 0 Å². The van der Waals surface area contributed by atoms with E-state index in [9.17, 15) is 9.18 Å². The van der Waals surface area contributed by atoms with Crippen LogP contribution in [0.4, 0.5) is 15.8 Å². The minimum absolute atomic E-state index is 0.182. The van der Waals surface area contributed by atoms with Crippen LogP contribution in [0.15, 0.2) is 47.5 Å². The standard InChI is InChI=1S/C20H20FN3O2/c21-15-3-6-19-17(11-15)18(20(25)23-19)12-22-16-4-1-14(2-5-16)13-24-7-9-26-10-8-24/h1-6,11-12,18H,7-10,13H2,(H,23,25). The Bertz CT molecular complexity index is 829. The molecule has 1 N–H and O–H groups in total. The van der Waals surface area contributed by atoms with Crippen LogP contribution in [-0.4, -0.2) is 43.3 Å². The van der Waals surface area contributed by atoms with E-state index in [-0.39, 0.29) is 11.7 Å².